The highest BCUT2D eigenvalue weighted by atomic mass is 15.6. The normalized spacial score (nSPS) is 34.0. The molecule has 150 valence electrons. The van der Waals surface area contributed by atoms with E-state index in [1.807, 2.05) is 0 Å². The fourth-order valence-electron chi connectivity index (χ4n) is 5.89. The maximum Gasteiger partial charge on any atom is 0.190 e. The third-order valence-electron chi connectivity index (χ3n) is 7.38. The van der Waals surface area contributed by atoms with Gasteiger partial charge in [0.05, 0.1) is 18.5 Å². The van der Waals surface area contributed by atoms with Crippen molar-refractivity contribution in [1.82, 2.24) is 5.01 Å². The highest BCUT2D eigenvalue weighted by Crippen LogP contribution is 2.34. The predicted molar refractivity (Wildman–Crippen MR) is 118 cm³/mol. The Morgan fingerprint density at radius 3 is 2.79 bits per heavy atom. The third kappa shape index (κ3) is 4.00. The Bertz CT molecular complexity index is 717. The van der Waals surface area contributed by atoms with Crippen molar-refractivity contribution in [3.05, 3.63) is 36.0 Å². The number of hydrogen-bond donors (Lipinski definition) is 0. The van der Waals surface area contributed by atoms with E-state index in [1.54, 1.807) is 5.71 Å². The van der Waals surface area contributed by atoms with E-state index in [9.17, 15) is 0 Å². The van der Waals surface area contributed by atoms with Crippen molar-refractivity contribution in [3.8, 4) is 12.3 Å². The maximum absolute atomic E-state index is 5.93. The van der Waals surface area contributed by atoms with E-state index in [0.717, 1.165) is 6.42 Å². The van der Waals surface area contributed by atoms with E-state index >= 15 is 0 Å². The largest absolute Gasteiger partial charge is 0.190 e. The van der Waals surface area contributed by atoms with Gasteiger partial charge in [-0.3, -0.25) is 0 Å². The minimum atomic E-state index is 0.488. The Balaban J connectivity index is 1.71. The van der Waals surface area contributed by atoms with Crippen LogP contribution in [0.15, 0.2) is 36.0 Å². The van der Waals surface area contributed by atoms with E-state index in [0.29, 0.717) is 23.8 Å². The highest BCUT2D eigenvalue weighted by Gasteiger charge is 2.40. The van der Waals surface area contributed by atoms with Crippen molar-refractivity contribution in [2.75, 3.05) is 13.1 Å². The van der Waals surface area contributed by atoms with E-state index in [1.165, 1.54) is 76.5 Å². The average Bonchev–Trinajstić information content (AvgIpc) is 3.00. The van der Waals surface area contributed by atoms with Crippen LogP contribution in [-0.4, -0.2) is 34.5 Å². The quantitative estimate of drug-likeness (QED) is 0.463. The summed E-state index contributed by atoms with van der Waals surface area (Å²) in [5.74, 6) is 4.78. The zero-order chi connectivity index (χ0) is 19.3. The molecule has 4 atom stereocenters. The van der Waals surface area contributed by atoms with Crippen LogP contribution < -0.4 is 0 Å². The van der Waals surface area contributed by atoms with Crippen LogP contribution in [0.4, 0.5) is 0 Å². The summed E-state index contributed by atoms with van der Waals surface area (Å²) in [7, 11) is 0. The van der Waals surface area contributed by atoms with Crippen molar-refractivity contribution < 1.29 is 4.68 Å². The molecule has 1 fully saturated rings. The third-order valence-corrected chi connectivity index (χ3v) is 7.38. The molecule has 0 N–H and O–H groups in total. The van der Waals surface area contributed by atoms with Crippen LogP contribution in [0.25, 0.3) is 0 Å². The average molecular weight is 378 g/mol. The van der Waals surface area contributed by atoms with Crippen LogP contribution in [0, 0.1) is 30.1 Å². The molecular formula is C26H37N2+. The molecule has 0 radical (unpaired) electrons. The Labute approximate surface area is 172 Å². The number of allylic oxidation sites excluding steroid dienone is 5. The molecule has 0 aromatic carbocycles. The molecule has 0 saturated carbocycles. The van der Waals surface area contributed by atoms with Crippen LogP contribution in [-0.2, 0) is 0 Å². The first-order chi connectivity index (χ1) is 13.8. The Morgan fingerprint density at radius 1 is 1.04 bits per heavy atom. The van der Waals surface area contributed by atoms with Crippen LogP contribution >= 0.6 is 0 Å². The summed E-state index contributed by atoms with van der Waals surface area (Å²) in [4.78, 5) is 0. The van der Waals surface area contributed by atoms with Gasteiger partial charge < -0.3 is 0 Å². The number of nitrogens with zero attached hydrogens (tertiary/aromatic N) is 2. The topological polar surface area (TPSA) is 6.25 Å². The lowest BCUT2D eigenvalue weighted by atomic mass is 9.81. The van der Waals surface area contributed by atoms with Crippen molar-refractivity contribution in [2.45, 2.75) is 77.2 Å². The summed E-state index contributed by atoms with van der Waals surface area (Å²) in [5.41, 5.74) is 2.89. The molecular weight excluding hydrogens is 340 g/mol. The van der Waals surface area contributed by atoms with Gasteiger partial charge in [-0.15, -0.1) is 11.1 Å². The second-order valence-corrected chi connectivity index (χ2v) is 9.14. The molecule has 0 bridgehead atoms. The van der Waals surface area contributed by atoms with Crippen molar-refractivity contribution in [2.24, 2.45) is 17.8 Å². The molecule has 0 amide bonds. The van der Waals surface area contributed by atoms with E-state index in [-0.39, 0.29) is 0 Å². The Kier molecular flexibility index (Phi) is 6.40. The van der Waals surface area contributed by atoms with Crippen LogP contribution in [0.1, 0.15) is 71.1 Å². The second-order valence-electron chi connectivity index (χ2n) is 9.14. The van der Waals surface area contributed by atoms with Gasteiger partial charge in [0.15, 0.2) is 12.3 Å². The summed E-state index contributed by atoms with van der Waals surface area (Å²) in [6.07, 6.45) is 30.6. The van der Waals surface area contributed by atoms with Gasteiger partial charge in [0.1, 0.15) is 0 Å². The molecule has 28 heavy (non-hydrogen) atoms. The van der Waals surface area contributed by atoms with Crippen LogP contribution in [0.2, 0.25) is 0 Å². The Hall–Kier alpha value is -1.75. The van der Waals surface area contributed by atoms with Gasteiger partial charge >= 0.3 is 0 Å². The molecule has 2 aliphatic heterocycles. The number of hydrogen-bond acceptors (Lipinski definition) is 1. The molecule has 1 saturated heterocycles. The maximum atomic E-state index is 5.93. The molecule has 4 aliphatic rings. The van der Waals surface area contributed by atoms with Crippen molar-refractivity contribution >= 4 is 5.71 Å². The molecule has 4 unspecified atom stereocenters. The second kappa shape index (κ2) is 9.17. The summed E-state index contributed by atoms with van der Waals surface area (Å²) in [5, 5.41) is 2.80. The molecule has 0 spiro atoms. The SMILES string of the molecule is C#CC1=CCCCC1C1=[N+](N2CCCCCC2C2C=CC=CC2C)CCCC1. The van der Waals surface area contributed by atoms with Gasteiger partial charge in [-0.05, 0) is 44.4 Å². The molecule has 4 rings (SSSR count). The number of terminal acetylenes is 1. The minimum Gasteiger partial charge on any atom is -0.183 e. The minimum absolute atomic E-state index is 0.488. The number of rotatable bonds is 3. The van der Waals surface area contributed by atoms with E-state index in [4.69, 9.17) is 6.42 Å². The molecule has 0 aromatic heterocycles. The van der Waals surface area contributed by atoms with E-state index in [2.05, 4.69) is 52.9 Å². The Morgan fingerprint density at radius 2 is 1.93 bits per heavy atom. The van der Waals surface area contributed by atoms with Crippen molar-refractivity contribution in [3.63, 3.8) is 0 Å². The van der Waals surface area contributed by atoms with Crippen LogP contribution in [0.5, 0.6) is 0 Å². The van der Waals surface area contributed by atoms with Gasteiger partial charge in [0.25, 0.3) is 0 Å². The van der Waals surface area contributed by atoms with Crippen LogP contribution in [0.3, 0.4) is 0 Å². The van der Waals surface area contributed by atoms with Gasteiger partial charge in [-0.25, -0.2) is 0 Å². The predicted octanol–water partition coefficient (Wildman–Crippen LogP) is 5.52. The summed E-state index contributed by atoms with van der Waals surface area (Å²) >= 11 is 0. The molecule has 2 nitrogen and oxygen atoms in total. The first kappa shape index (κ1) is 19.6. The van der Waals surface area contributed by atoms with Gasteiger partial charge in [-0.2, -0.15) is 5.01 Å². The standard InChI is InChI=1S/C26H37N2/c1-3-22-14-7-9-16-24(22)26-18-10-12-20-28(26)27-19-11-4-5-17-25(27)23-15-8-6-13-21(23)2/h1,6,8,13-15,21,23-25H,4-5,7,9-12,16-20H2,2H3/q+1. The fourth-order valence-corrected chi connectivity index (χ4v) is 5.89. The van der Waals surface area contributed by atoms with Gasteiger partial charge in [0.2, 0.25) is 0 Å². The zero-order valence-corrected chi connectivity index (χ0v) is 17.7. The first-order valence-electron chi connectivity index (χ1n) is 11.7. The van der Waals surface area contributed by atoms with Gasteiger partial charge in [-0.1, -0.05) is 56.1 Å². The van der Waals surface area contributed by atoms with E-state index < -0.39 is 0 Å². The first-order valence-corrected chi connectivity index (χ1v) is 11.7. The number of hydrazine groups is 1. The number of hydrazone groups is 1. The fraction of sp³-hybridized carbons (Fsp3) is 0.654. The summed E-state index contributed by atoms with van der Waals surface area (Å²) in [6, 6.07) is 0.619. The molecule has 2 heterocycles. The summed E-state index contributed by atoms with van der Waals surface area (Å²) < 4.78 is 2.74. The monoisotopic (exact) mass is 377 g/mol. The zero-order valence-electron chi connectivity index (χ0n) is 17.7. The smallest absolute Gasteiger partial charge is 0.183 e. The van der Waals surface area contributed by atoms with Crippen molar-refractivity contribution in [1.29, 1.82) is 0 Å². The lowest BCUT2D eigenvalue weighted by molar-refractivity contribution is -0.704. The lowest BCUT2D eigenvalue weighted by Gasteiger charge is -2.38. The lowest BCUT2D eigenvalue weighted by Crippen LogP contribution is -2.52. The highest BCUT2D eigenvalue weighted by molar-refractivity contribution is 5.86. The van der Waals surface area contributed by atoms with Gasteiger partial charge in [0, 0.05) is 24.3 Å². The summed E-state index contributed by atoms with van der Waals surface area (Å²) in [6.45, 7) is 4.78. The molecule has 2 aliphatic carbocycles. The molecule has 2 heteroatoms. The molecule has 0 aromatic rings.